The van der Waals surface area contributed by atoms with Gasteiger partial charge in [-0.1, -0.05) is 0 Å². The summed E-state index contributed by atoms with van der Waals surface area (Å²) in [7, 11) is -3.44. The third kappa shape index (κ3) is 3.58. The summed E-state index contributed by atoms with van der Waals surface area (Å²) >= 11 is 0. The quantitative estimate of drug-likeness (QED) is 0.598. The van der Waals surface area contributed by atoms with Gasteiger partial charge in [-0.05, 0) is 26.2 Å². The van der Waals surface area contributed by atoms with Crippen LogP contribution in [0.4, 0.5) is 0 Å². The van der Waals surface area contributed by atoms with Crippen LogP contribution in [-0.4, -0.2) is 36.9 Å². The summed E-state index contributed by atoms with van der Waals surface area (Å²) < 4.78 is 25.9. The van der Waals surface area contributed by atoms with Crippen LogP contribution in [0.25, 0.3) is 0 Å². The highest BCUT2D eigenvalue weighted by Gasteiger charge is 2.17. The van der Waals surface area contributed by atoms with Crippen LogP contribution >= 0.6 is 0 Å². The predicted molar refractivity (Wildman–Crippen MR) is 59.5 cm³/mol. The second-order valence-corrected chi connectivity index (χ2v) is 5.28. The first-order chi connectivity index (χ1) is 7.58. The predicted octanol–water partition coefficient (Wildman–Crippen LogP) is 0.159. The lowest BCUT2D eigenvalue weighted by atomic mass is 10.2. The summed E-state index contributed by atoms with van der Waals surface area (Å²) in [6.07, 6.45) is 3.53. The largest absolute Gasteiger partial charge is 0.396 e. The lowest BCUT2D eigenvalue weighted by Crippen LogP contribution is -2.25. The Morgan fingerprint density at radius 3 is 2.75 bits per heavy atom. The maximum atomic E-state index is 11.7. The molecule has 0 aliphatic carbocycles. The third-order valence-corrected chi connectivity index (χ3v) is 3.77. The van der Waals surface area contributed by atoms with Crippen molar-refractivity contribution in [2.45, 2.75) is 31.1 Å². The van der Waals surface area contributed by atoms with E-state index in [0.717, 1.165) is 12.8 Å². The average molecular weight is 247 g/mol. The molecule has 0 aromatic carbocycles. The number of sulfonamides is 1. The molecule has 6 nitrogen and oxygen atoms in total. The molecule has 0 bridgehead atoms. The van der Waals surface area contributed by atoms with Gasteiger partial charge >= 0.3 is 0 Å². The van der Waals surface area contributed by atoms with Crippen molar-refractivity contribution in [2.24, 2.45) is 0 Å². The lowest BCUT2D eigenvalue weighted by molar-refractivity contribution is 0.283. The minimum absolute atomic E-state index is 0.146. The first-order valence-electron chi connectivity index (χ1n) is 5.18. The number of nitrogens with one attached hydrogen (secondary N) is 2. The molecule has 0 atom stereocenters. The zero-order valence-corrected chi connectivity index (χ0v) is 10.0. The molecule has 0 unspecified atom stereocenters. The van der Waals surface area contributed by atoms with Crippen molar-refractivity contribution in [3.63, 3.8) is 0 Å². The maximum Gasteiger partial charge on any atom is 0.243 e. The summed E-state index contributed by atoms with van der Waals surface area (Å²) in [4.78, 5) is 0.189. The highest BCUT2D eigenvalue weighted by Crippen LogP contribution is 2.10. The Labute approximate surface area is 95.1 Å². The number of rotatable bonds is 7. The van der Waals surface area contributed by atoms with Gasteiger partial charge in [0.15, 0.2) is 0 Å². The van der Waals surface area contributed by atoms with Gasteiger partial charge in [0, 0.05) is 13.2 Å². The van der Waals surface area contributed by atoms with Gasteiger partial charge < -0.3 is 5.11 Å². The number of aliphatic hydroxyl groups excluding tert-OH is 1. The number of aromatic nitrogens is 2. The molecule has 1 aromatic heterocycles. The van der Waals surface area contributed by atoms with Gasteiger partial charge in [0.2, 0.25) is 10.0 Å². The summed E-state index contributed by atoms with van der Waals surface area (Å²) in [5.74, 6) is 0. The topological polar surface area (TPSA) is 95.1 Å². The van der Waals surface area contributed by atoms with E-state index in [1.54, 1.807) is 6.92 Å². The molecule has 1 heterocycles. The smallest absolute Gasteiger partial charge is 0.243 e. The lowest BCUT2D eigenvalue weighted by Gasteiger charge is -2.04. The van der Waals surface area contributed by atoms with E-state index in [4.69, 9.17) is 5.11 Å². The van der Waals surface area contributed by atoms with Crippen LogP contribution in [0.3, 0.4) is 0 Å². The molecule has 0 amide bonds. The second kappa shape index (κ2) is 5.97. The normalized spacial score (nSPS) is 11.9. The monoisotopic (exact) mass is 247 g/mol. The van der Waals surface area contributed by atoms with Crippen LogP contribution in [0.5, 0.6) is 0 Å². The fourth-order valence-electron chi connectivity index (χ4n) is 1.31. The summed E-state index contributed by atoms with van der Waals surface area (Å²) in [6.45, 7) is 2.19. The number of aromatic amines is 1. The van der Waals surface area contributed by atoms with Gasteiger partial charge in [0.05, 0.1) is 11.9 Å². The molecule has 0 fully saturated rings. The van der Waals surface area contributed by atoms with Crippen molar-refractivity contribution >= 4 is 10.0 Å². The van der Waals surface area contributed by atoms with E-state index in [0.29, 0.717) is 18.7 Å². The highest BCUT2D eigenvalue weighted by atomic mass is 32.2. The molecule has 0 radical (unpaired) electrons. The zero-order chi connectivity index (χ0) is 12.0. The summed E-state index contributed by atoms with van der Waals surface area (Å²) in [6, 6.07) is 0. The third-order valence-electron chi connectivity index (χ3n) is 2.20. The molecule has 0 aliphatic heterocycles. The number of H-pyrrole nitrogens is 1. The van der Waals surface area contributed by atoms with Gasteiger partial charge in [0.1, 0.15) is 4.90 Å². The molecule has 3 N–H and O–H groups in total. The van der Waals surface area contributed by atoms with E-state index in [1.165, 1.54) is 6.20 Å². The molecule has 1 aromatic rings. The Kier molecular flexibility index (Phi) is 4.91. The van der Waals surface area contributed by atoms with E-state index in [1.807, 2.05) is 0 Å². The van der Waals surface area contributed by atoms with Crippen molar-refractivity contribution in [1.82, 2.24) is 14.9 Å². The number of hydrogen-bond donors (Lipinski definition) is 3. The standard InChI is InChI=1S/C9H17N3O3S/c1-8-9(7-10-12-8)16(14,15)11-5-3-2-4-6-13/h7,11,13H,2-6H2,1H3,(H,10,12). The molecule has 7 heteroatoms. The fourth-order valence-corrected chi connectivity index (χ4v) is 2.52. The van der Waals surface area contributed by atoms with Crippen LogP contribution < -0.4 is 4.72 Å². The van der Waals surface area contributed by atoms with Gasteiger partial charge in [-0.25, -0.2) is 13.1 Å². The summed E-state index contributed by atoms with van der Waals surface area (Å²) in [5, 5.41) is 14.8. The Morgan fingerprint density at radius 2 is 2.19 bits per heavy atom. The van der Waals surface area contributed by atoms with Crippen LogP contribution in [0.2, 0.25) is 0 Å². The highest BCUT2D eigenvalue weighted by molar-refractivity contribution is 7.89. The molecule has 0 aliphatic rings. The van der Waals surface area contributed by atoms with Crippen LogP contribution in [-0.2, 0) is 10.0 Å². The van der Waals surface area contributed by atoms with Gasteiger partial charge in [-0.3, -0.25) is 5.10 Å². The van der Waals surface area contributed by atoms with Crippen LogP contribution in [0.1, 0.15) is 25.0 Å². The molecule has 0 spiro atoms. The van der Waals surface area contributed by atoms with E-state index in [9.17, 15) is 8.42 Å². The Bertz CT molecular complexity index is 413. The van der Waals surface area contributed by atoms with Crippen molar-refractivity contribution in [1.29, 1.82) is 0 Å². The van der Waals surface area contributed by atoms with Gasteiger partial charge in [0.25, 0.3) is 0 Å². The molecular formula is C9H17N3O3S. The van der Waals surface area contributed by atoms with Crippen molar-refractivity contribution in [3.05, 3.63) is 11.9 Å². The van der Waals surface area contributed by atoms with Crippen molar-refractivity contribution in [2.75, 3.05) is 13.2 Å². The second-order valence-electron chi connectivity index (χ2n) is 3.54. The number of aliphatic hydroxyl groups is 1. The Hall–Kier alpha value is -0.920. The number of unbranched alkanes of at least 4 members (excludes halogenated alkanes) is 2. The number of nitrogens with zero attached hydrogens (tertiary/aromatic N) is 1. The molecule has 0 saturated carbocycles. The first kappa shape index (κ1) is 13.1. The zero-order valence-electron chi connectivity index (χ0n) is 9.23. The fraction of sp³-hybridized carbons (Fsp3) is 0.667. The van der Waals surface area contributed by atoms with Crippen LogP contribution in [0, 0.1) is 6.92 Å². The molecule has 1 rings (SSSR count). The van der Waals surface area contributed by atoms with E-state index >= 15 is 0 Å². The minimum Gasteiger partial charge on any atom is -0.396 e. The average Bonchev–Trinajstić information content (AvgIpc) is 2.65. The first-order valence-corrected chi connectivity index (χ1v) is 6.67. The van der Waals surface area contributed by atoms with Crippen LogP contribution in [0.15, 0.2) is 11.1 Å². The Balaban J connectivity index is 2.45. The molecular weight excluding hydrogens is 230 g/mol. The number of aryl methyl sites for hydroxylation is 1. The number of hydrogen-bond acceptors (Lipinski definition) is 4. The van der Waals surface area contributed by atoms with Gasteiger partial charge in [-0.2, -0.15) is 5.10 Å². The SMILES string of the molecule is Cc1[nH]ncc1S(=O)(=O)NCCCCCO. The summed E-state index contributed by atoms with van der Waals surface area (Å²) in [5.41, 5.74) is 0.530. The van der Waals surface area contributed by atoms with Gasteiger partial charge in [-0.15, -0.1) is 0 Å². The van der Waals surface area contributed by atoms with Crippen molar-refractivity contribution in [3.8, 4) is 0 Å². The Morgan fingerprint density at radius 1 is 1.44 bits per heavy atom. The molecule has 0 saturated heterocycles. The van der Waals surface area contributed by atoms with E-state index < -0.39 is 10.0 Å². The van der Waals surface area contributed by atoms with E-state index in [2.05, 4.69) is 14.9 Å². The van der Waals surface area contributed by atoms with E-state index in [-0.39, 0.29) is 11.5 Å². The molecule has 92 valence electrons. The minimum atomic E-state index is -3.44. The maximum absolute atomic E-state index is 11.7. The molecule has 16 heavy (non-hydrogen) atoms. The van der Waals surface area contributed by atoms with Crippen molar-refractivity contribution < 1.29 is 13.5 Å².